The minimum absolute atomic E-state index is 0. The van der Waals surface area contributed by atoms with Crippen molar-refractivity contribution in [3.63, 3.8) is 0 Å². The van der Waals surface area contributed by atoms with Crippen molar-refractivity contribution in [3.8, 4) is 6.07 Å². The monoisotopic (exact) mass is 491 g/mol. The normalized spacial score (nSPS) is 11.0. The molecule has 0 radical (unpaired) electrons. The molecule has 0 fully saturated rings. The Morgan fingerprint density at radius 1 is 1.21 bits per heavy atom. The molecule has 3 aromatic rings. The molecule has 0 atom stereocenters. The molecule has 146 valence electrons. The fraction of sp³-hybridized carbons (Fsp3) is 0.238. The minimum atomic E-state index is -0.341. The smallest absolute Gasteiger partial charge is 0.191 e. The number of aromatic amines is 1. The first-order valence-electron chi connectivity index (χ1n) is 8.81. The molecular formula is C21H23FIN5. The van der Waals surface area contributed by atoms with Crippen molar-refractivity contribution >= 4 is 40.8 Å². The van der Waals surface area contributed by atoms with Gasteiger partial charge in [-0.15, -0.1) is 24.0 Å². The lowest BCUT2D eigenvalue weighted by Crippen LogP contribution is -2.38. The zero-order valence-electron chi connectivity index (χ0n) is 15.8. The summed E-state index contributed by atoms with van der Waals surface area (Å²) in [6.07, 6.45) is 2.88. The van der Waals surface area contributed by atoms with Gasteiger partial charge in [-0.3, -0.25) is 4.99 Å². The van der Waals surface area contributed by atoms with E-state index in [1.165, 1.54) is 28.6 Å². The second-order valence-electron chi connectivity index (χ2n) is 6.33. The first-order valence-corrected chi connectivity index (χ1v) is 8.81. The second kappa shape index (κ2) is 10.1. The number of rotatable bonds is 5. The van der Waals surface area contributed by atoms with E-state index in [9.17, 15) is 4.39 Å². The molecule has 0 unspecified atom stereocenters. The Morgan fingerprint density at radius 3 is 2.79 bits per heavy atom. The maximum atomic E-state index is 13.9. The standard InChI is InChI=1S/C21H22FN5.HI/c1-14-4-3-5-19-20(14)16(12-26-19)8-9-25-21(24-2)27-13-17-10-15(11-23)6-7-18(17)22;/h3-7,10,12,26H,8-9,13H2,1-2H3,(H2,24,25,27);1H. The van der Waals surface area contributed by atoms with Gasteiger partial charge in [-0.05, 0) is 48.7 Å². The van der Waals surface area contributed by atoms with Crippen LogP contribution in [0, 0.1) is 24.1 Å². The first-order chi connectivity index (χ1) is 13.1. The zero-order valence-corrected chi connectivity index (χ0v) is 18.2. The summed E-state index contributed by atoms with van der Waals surface area (Å²) in [5.74, 6) is 0.250. The van der Waals surface area contributed by atoms with Crippen LogP contribution >= 0.6 is 24.0 Å². The van der Waals surface area contributed by atoms with E-state index in [1.807, 2.05) is 18.3 Å². The van der Waals surface area contributed by atoms with Crippen LogP contribution in [0.4, 0.5) is 4.39 Å². The maximum absolute atomic E-state index is 13.9. The molecule has 0 aliphatic rings. The van der Waals surface area contributed by atoms with Gasteiger partial charge < -0.3 is 15.6 Å². The lowest BCUT2D eigenvalue weighted by molar-refractivity contribution is 0.604. The third-order valence-corrected chi connectivity index (χ3v) is 4.53. The average molecular weight is 491 g/mol. The van der Waals surface area contributed by atoms with Gasteiger partial charge in [0.1, 0.15) is 5.82 Å². The first kappa shape index (κ1) is 21.7. The Bertz CT molecular complexity index is 1020. The topological polar surface area (TPSA) is 76.0 Å². The van der Waals surface area contributed by atoms with Gasteiger partial charge >= 0.3 is 0 Å². The number of nitrogens with one attached hydrogen (secondary N) is 3. The molecule has 0 saturated heterocycles. The fourth-order valence-electron chi connectivity index (χ4n) is 3.14. The van der Waals surface area contributed by atoms with Gasteiger partial charge in [-0.25, -0.2) is 4.39 Å². The largest absolute Gasteiger partial charge is 0.361 e. The van der Waals surface area contributed by atoms with Crippen molar-refractivity contribution in [2.45, 2.75) is 19.9 Å². The highest BCUT2D eigenvalue weighted by molar-refractivity contribution is 14.0. The molecule has 28 heavy (non-hydrogen) atoms. The van der Waals surface area contributed by atoms with Crippen LogP contribution < -0.4 is 10.6 Å². The van der Waals surface area contributed by atoms with Crippen LogP contribution in [0.3, 0.4) is 0 Å². The Balaban J connectivity index is 0.00000280. The van der Waals surface area contributed by atoms with Crippen LogP contribution in [-0.4, -0.2) is 24.5 Å². The van der Waals surface area contributed by atoms with E-state index in [0.717, 1.165) is 11.9 Å². The number of nitrogens with zero attached hydrogens (tertiary/aromatic N) is 2. The molecule has 0 aliphatic heterocycles. The van der Waals surface area contributed by atoms with Gasteiger partial charge in [-0.1, -0.05) is 12.1 Å². The summed E-state index contributed by atoms with van der Waals surface area (Å²) in [5, 5.41) is 16.5. The van der Waals surface area contributed by atoms with E-state index in [-0.39, 0.29) is 36.3 Å². The van der Waals surface area contributed by atoms with Gasteiger partial charge in [0.25, 0.3) is 0 Å². The molecule has 0 spiro atoms. The highest BCUT2D eigenvalue weighted by Gasteiger charge is 2.07. The molecule has 2 aromatic carbocycles. The van der Waals surface area contributed by atoms with Gasteiger partial charge in [0.05, 0.1) is 11.6 Å². The van der Waals surface area contributed by atoms with Crippen LogP contribution in [0.5, 0.6) is 0 Å². The molecule has 1 aromatic heterocycles. The Labute approximate surface area is 181 Å². The highest BCUT2D eigenvalue weighted by atomic mass is 127. The van der Waals surface area contributed by atoms with Crippen LogP contribution in [0.25, 0.3) is 10.9 Å². The van der Waals surface area contributed by atoms with Crippen molar-refractivity contribution in [1.29, 1.82) is 5.26 Å². The Hall–Kier alpha value is -2.60. The third-order valence-electron chi connectivity index (χ3n) is 4.53. The number of halogens is 2. The molecular weight excluding hydrogens is 468 g/mol. The van der Waals surface area contributed by atoms with Crippen molar-refractivity contribution in [3.05, 3.63) is 70.7 Å². The number of hydrogen-bond donors (Lipinski definition) is 3. The summed E-state index contributed by atoms with van der Waals surface area (Å²) in [7, 11) is 1.67. The predicted octanol–water partition coefficient (Wildman–Crippen LogP) is 4.01. The van der Waals surface area contributed by atoms with E-state index in [0.29, 0.717) is 23.6 Å². The Morgan fingerprint density at radius 2 is 2.04 bits per heavy atom. The molecule has 1 heterocycles. The summed E-state index contributed by atoms with van der Waals surface area (Å²) < 4.78 is 13.9. The molecule has 0 saturated carbocycles. The van der Waals surface area contributed by atoms with Gasteiger partial charge in [0.15, 0.2) is 5.96 Å². The summed E-state index contributed by atoms with van der Waals surface area (Å²) >= 11 is 0. The average Bonchev–Trinajstić information content (AvgIpc) is 3.10. The third kappa shape index (κ3) is 5.01. The van der Waals surface area contributed by atoms with Crippen molar-refractivity contribution in [2.75, 3.05) is 13.6 Å². The lowest BCUT2D eigenvalue weighted by Gasteiger charge is -2.12. The van der Waals surface area contributed by atoms with Crippen LogP contribution in [-0.2, 0) is 13.0 Å². The van der Waals surface area contributed by atoms with E-state index in [4.69, 9.17) is 5.26 Å². The second-order valence-corrected chi connectivity index (χ2v) is 6.33. The minimum Gasteiger partial charge on any atom is -0.361 e. The number of H-pyrrole nitrogens is 1. The number of nitriles is 1. The number of fused-ring (bicyclic) bond motifs is 1. The molecule has 7 heteroatoms. The Kier molecular flexibility index (Phi) is 7.81. The quantitative estimate of drug-likeness (QED) is 0.287. The summed E-state index contributed by atoms with van der Waals surface area (Å²) in [4.78, 5) is 7.48. The van der Waals surface area contributed by atoms with E-state index in [1.54, 1.807) is 13.1 Å². The van der Waals surface area contributed by atoms with Crippen LogP contribution in [0.1, 0.15) is 22.3 Å². The summed E-state index contributed by atoms with van der Waals surface area (Å²) in [6, 6.07) is 12.6. The van der Waals surface area contributed by atoms with Crippen LogP contribution in [0.15, 0.2) is 47.6 Å². The number of hydrogen-bond acceptors (Lipinski definition) is 2. The summed E-state index contributed by atoms with van der Waals surface area (Å²) in [5.41, 5.74) is 4.51. The van der Waals surface area contributed by atoms with Crippen LogP contribution in [0.2, 0.25) is 0 Å². The van der Waals surface area contributed by atoms with Gasteiger partial charge in [0.2, 0.25) is 0 Å². The summed E-state index contributed by atoms with van der Waals surface area (Å²) in [6.45, 7) is 3.06. The number of aryl methyl sites for hydroxylation is 1. The maximum Gasteiger partial charge on any atom is 0.191 e. The molecule has 0 bridgehead atoms. The molecule has 3 rings (SSSR count). The molecule has 3 N–H and O–H groups in total. The van der Waals surface area contributed by atoms with Gasteiger partial charge in [0, 0.05) is 42.8 Å². The number of benzene rings is 2. The number of aromatic nitrogens is 1. The number of aliphatic imine (C=N–C) groups is 1. The zero-order chi connectivity index (χ0) is 19.2. The fourth-order valence-corrected chi connectivity index (χ4v) is 3.14. The molecule has 0 aliphatic carbocycles. The predicted molar refractivity (Wildman–Crippen MR) is 121 cm³/mol. The van der Waals surface area contributed by atoms with Crippen molar-refractivity contribution < 1.29 is 4.39 Å². The van der Waals surface area contributed by atoms with Crippen molar-refractivity contribution in [1.82, 2.24) is 15.6 Å². The molecule has 5 nitrogen and oxygen atoms in total. The lowest BCUT2D eigenvalue weighted by atomic mass is 10.1. The van der Waals surface area contributed by atoms with E-state index < -0.39 is 0 Å². The SMILES string of the molecule is CN=C(NCCc1c[nH]c2cccc(C)c12)NCc1cc(C#N)ccc1F.I. The van der Waals surface area contributed by atoms with E-state index >= 15 is 0 Å². The highest BCUT2D eigenvalue weighted by Crippen LogP contribution is 2.22. The number of guanidine groups is 1. The van der Waals surface area contributed by atoms with Crippen molar-refractivity contribution in [2.24, 2.45) is 4.99 Å². The van der Waals surface area contributed by atoms with E-state index in [2.05, 4.69) is 39.7 Å². The molecule has 0 amide bonds. The van der Waals surface area contributed by atoms with Gasteiger partial charge in [-0.2, -0.15) is 5.26 Å².